The predicted octanol–water partition coefficient (Wildman–Crippen LogP) is 5.01. The summed E-state index contributed by atoms with van der Waals surface area (Å²) in [7, 11) is 0. The van der Waals surface area contributed by atoms with E-state index >= 15 is 0 Å². The highest BCUT2D eigenvalue weighted by Crippen LogP contribution is 2.10. The minimum Gasteiger partial charge on any atom is -0.301 e. The largest absolute Gasteiger partial charge is 0.301 e. The number of unbranched alkanes of at least 4 members (excludes halogenated alkanes) is 6. The molecule has 0 heterocycles. The zero-order valence-electron chi connectivity index (χ0n) is 13.1. The average molecular weight is 274 g/mol. The second kappa shape index (κ2) is 12.3. The van der Waals surface area contributed by atoms with Crippen molar-refractivity contribution in [1.82, 2.24) is 4.90 Å². The minimum atomic E-state index is 0.697. The molecular weight excluding hydrogens is 238 g/mol. The summed E-state index contributed by atoms with van der Waals surface area (Å²) < 4.78 is 0. The fraction of sp³-hybridized carbons (Fsp3) is 1.00. The smallest absolute Gasteiger partial charge is 0.00387 e. The molecule has 0 aliphatic carbocycles. The van der Waals surface area contributed by atoms with Gasteiger partial charge in [-0.05, 0) is 44.9 Å². The van der Waals surface area contributed by atoms with Crippen LogP contribution < -0.4 is 0 Å². The molecule has 0 atom stereocenters. The molecule has 0 amide bonds. The summed E-state index contributed by atoms with van der Waals surface area (Å²) >= 11 is 4.24. The zero-order valence-corrected chi connectivity index (χ0v) is 14.0. The minimum absolute atomic E-state index is 0.697. The van der Waals surface area contributed by atoms with Gasteiger partial charge in [0.25, 0.3) is 0 Å². The summed E-state index contributed by atoms with van der Waals surface area (Å²) in [5, 5.41) is 0. The summed E-state index contributed by atoms with van der Waals surface area (Å²) in [6, 6.07) is 0.697. The first-order valence-electron chi connectivity index (χ1n) is 7.92. The number of hydrogen-bond donors (Lipinski definition) is 1. The first-order valence-corrected chi connectivity index (χ1v) is 8.56. The SMILES string of the molecule is CC(C)CN(CCCCCCCCCS)C(C)C. The maximum atomic E-state index is 4.24. The van der Waals surface area contributed by atoms with Crippen LogP contribution in [0.5, 0.6) is 0 Å². The second-order valence-corrected chi connectivity index (χ2v) is 6.63. The normalized spacial score (nSPS) is 12.0. The van der Waals surface area contributed by atoms with Crippen LogP contribution >= 0.6 is 12.6 Å². The molecule has 0 aliphatic rings. The van der Waals surface area contributed by atoms with Gasteiger partial charge in [0, 0.05) is 12.6 Å². The van der Waals surface area contributed by atoms with Gasteiger partial charge in [0.15, 0.2) is 0 Å². The lowest BCUT2D eigenvalue weighted by molar-refractivity contribution is 0.193. The van der Waals surface area contributed by atoms with Crippen molar-refractivity contribution in [2.75, 3.05) is 18.8 Å². The lowest BCUT2D eigenvalue weighted by atomic mass is 10.1. The molecule has 0 saturated carbocycles. The number of thiol groups is 1. The Kier molecular flexibility index (Phi) is 12.6. The first-order chi connectivity index (χ1) is 8.57. The second-order valence-electron chi connectivity index (χ2n) is 6.18. The first kappa shape index (κ1) is 18.3. The molecule has 1 nitrogen and oxygen atoms in total. The van der Waals surface area contributed by atoms with E-state index in [0.29, 0.717) is 6.04 Å². The molecule has 0 aromatic heterocycles. The van der Waals surface area contributed by atoms with Gasteiger partial charge in [0.2, 0.25) is 0 Å². The van der Waals surface area contributed by atoms with Crippen molar-refractivity contribution in [3.05, 3.63) is 0 Å². The van der Waals surface area contributed by atoms with Crippen LogP contribution in [0.3, 0.4) is 0 Å². The van der Waals surface area contributed by atoms with Crippen LogP contribution in [0.1, 0.15) is 72.6 Å². The summed E-state index contributed by atoms with van der Waals surface area (Å²) in [6.07, 6.45) is 9.67. The lowest BCUT2D eigenvalue weighted by Crippen LogP contribution is -2.34. The Hall–Kier alpha value is 0.310. The van der Waals surface area contributed by atoms with E-state index in [1.807, 2.05) is 0 Å². The van der Waals surface area contributed by atoms with E-state index < -0.39 is 0 Å². The Morgan fingerprint density at radius 2 is 1.28 bits per heavy atom. The summed E-state index contributed by atoms with van der Waals surface area (Å²) in [5.41, 5.74) is 0. The standard InChI is InChI=1S/C16H35NS/c1-15(2)14-17(16(3)4)12-10-8-6-5-7-9-11-13-18/h15-16,18H,5-14H2,1-4H3. The van der Waals surface area contributed by atoms with Gasteiger partial charge in [-0.1, -0.05) is 46.0 Å². The Morgan fingerprint density at radius 1 is 0.778 bits per heavy atom. The number of rotatable bonds is 12. The molecule has 0 rings (SSSR count). The van der Waals surface area contributed by atoms with Gasteiger partial charge in [0.1, 0.15) is 0 Å². The third-order valence-electron chi connectivity index (χ3n) is 3.43. The monoisotopic (exact) mass is 273 g/mol. The van der Waals surface area contributed by atoms with Crippen molar-refractivity contribution in [2.45, 2.75) is 78.7 Å². The van der Waals surface area contributed by atoms with Crippen LogP contribution in [0.4, 0.5) is 0 Å². The summed E-state index contributed by atoms with van der Waals surface area (Å²) in [5.74, 6) is 1.84. The van der Waals surface area contributed by atoms with Crippen LogP contribution in [0.2, 0.25) is 0 Å². The van der Waals surface area contributed by atoms with Crippen LogP contribution in [0.15, 0.2) is 0 Å². The summed E-state index contributed by atoms with van der Waals surface area (Å²) in [4.78, 5) is 2.63. The van der Waals surface area contributed by atoms with Gasteiger partial charge >= 0.3 is 0 Å². The van der Waals surface area contributed by atoms with Crippen molar-refractivity contribution in [1.29, 1.82) is 0 Å². The van der Waals surface area contributed by atoms with Gasteiger partial charge in [-0.15, -0.1) is 0 Å². The highest BCUT2D eigenvalue weighted by molar-refractivity contribution is 7.80. The fourth-order valence-corrected chi connectivity index (χ4v) is 2.56. The highest BCUT2D eigenvalue weighted by Gasteiger charge is 2.10. The molecule has 2 heteroatoms. The number of hydrogen-bond acceptors (Lipinski definition) is 2. The molecule has 0 aromatic rings. The van der Waals surface area contributed by atoms with Crippen molar-refractivity contribution < 1.29 is 0 Å². The molecule has 0 spiro atoms. The number of nitrogens with zero attached hydrogens (tertiary/aromatic N) is 1. The molecule has 0 radical (unpaired) electrons. The van der Waals surface area contributed by atoms with Crippen LogP contribution in [-0.2, 0) is 0 Å². The Bertz CT molecular complexity index is 168. The third-order valence-corrected chi connectivity index (χ3v) is 3.75. The fourth-order valence-electron chi connectivity index (χ4n) is 2.34. The van der Waals surface area contributed by atoms with Crippen LogP contribution in [0, 0.1) is 5.92 Å². The van der Waals surface area contributed by atoms with Crippen molar-refractivity contribution >= 4 is 12.6 Å². The van der Waals surface area contributed by atoms with Crippen molar-refractivity contribution in [2.24, 2.45) is 5.92 Å². The van der Waals surface area contributed by atoms with Gasteiger partial charge < -0.3 is 4.90 Å². The van der Waals surface area contributed by atoms with E-state index in [1.165, 1.54) is 58.0 Å². The van der Waals surface area contributed by atoms with Gasteiger partial charge in [-0.2, -0.15) is 12.6 Å². The molecule has 0 unspecified atom stereocenters. The van der Waals surface area contributed by atoms with Crippen LogP contribution in [0.25, 0.3) is 0 Å². The maximum Gasteiger partial charge on any atom is 0.00387 e. The van der Waals surface area contributed by atoms with E-state index in [2.05, 4.69) is 45.2 Å². The molecule has 18 heavy (non-hydrogen) atoms. The molecule has 110 valence electrons. The van der Waals surface area contributed by atoms with Gasteiger partial charge in [0.05, 0.1) is 0 Å². The van der Waals surface area contributed by atoms with E-state index in [4.69, 9.17) is 0 Å². The molecule has 0 aliphatic heterocycles. The molecule has 0 bridgehead atoms. The Morgan fingerprint density at radius 3 is 1.72 bits per heavy atom. The van der Waals surface area contributed by atoms with Crippen LogP contribution in [-0.4, -0.2) is 29.8 Å². The van der Waals surface area contributed by atoms with E-state index in [0.717, 1.165) is 11.7 Å². The molecule has 0 fully saturated rings. The maximum absolute atomic E-state index is 4.24. The Labute approximate surface area is 121 Å². The topological polar surface area (TPSA) is 3.24 Å². The van der Waals surface area contributed by atoms with Crippen molar-refractivity contribution in [3.8, 4) is 0 Å². The quantitative estimate of drug-likeness (QED) is 0.386. The molecular formula is C16H35NS. The Balaban J connectivity index is 3.44. The lowest BCUT2D eigenvalue weighted by Gasteiger charge is -2.28. The summed E-state index contributed by atoms with van der Waals surface area (Å²) in [6.45, 7) is 11.8. The third kappa shape index (κ3) is 11.4. The molecule has 0 saturated heterocycles. The van der Waals surface area contributed by atoms with Gasteiger partial charge in [-0.25, -0.2) is 0 Å². The highest BCUT2D eigenvalue weighted by atomic mass is 32.1. The average Bonchev–Trinajstić information content (AvgIpc) is 2.30. The predicted molar refractivity (Wildman–Crippen MR) is 87.7 cm³/mol. The van der Waals surface area contributed by atoms with E-state index in [1.54, 1.807) is 0 Å². The van der Waals surface area contributed by atoms with E-state index in [-0.39, 0.29) is 0 Å². The van der Waals surface area contributed by atoms with Gasteiger partial charge in [-0.3, -0.25) is 0 Å². The molecule has 0 N–H and O–H groups in total. The zero-order chi connectivity index (χ0) is 13.8. The molecule has 0 aromatic carbocycles. The van der Waals surface area contributed by atoms with E-state index in [9.17, 15) is 0 Å². The van der Waals surface area contributed by atoms with Crippen molar-refractivity contribution in [3.63, 3.8) is 0 Å².